The second kappa shape index (κ2) is 7.95. The standard InChI is InChI=1S/C14H28N2OS/c1-11(2)13-6-5-8-16(9-7-13)14(18)15-12(3)10-17-4/h11-13H,5-10H2,1-4H3,(H,15,18). The van der Waals surface area contributed by atoms with Gasteiger partial charge in [0, 0.05) is 26.2 Å². The Bertz CT molecular complexity index is 258. The van der Waals surface area contributed by atoms with E-state index in [1.54, 1.807) is 7.11 Å². The first-order valence-electron chi connectivity index (χ1n) is 7.09. The lowest BCUT2D eigenvalue weighted by Crippen LogP contribution is -2.45. The first kappa shape index (κ1) is 15.7. The summed E-state index contributed by atoms with van der Waals surface area (Å²) >= 11 is 5.49. The van der Waals surface area contributed by atoms with E-state index in [0.717, 1.165) is 30.0 Å². The Kier molecular flexibility index (Phi) is 6.94. The highest BCUT2D eigenvalue weighted by molar-refractivity contribution is 7.80. The van der Waals surface area contributed by atoms with Crippen LogP contribution in [0.25, 0.3) is 0 Å². The average Bonchev–Trinajstić information content (AvgIpc) is 2.54. The van der Waals surface area contributed by atoms with E-state index in [9.17, 15) is 0 Å². The summed E-state index contributed by atoms with van der Waals surface area (Å²) in [5.41, 5.74) is 0. The second-order valence-electron chi connectivity index (χ2n) is 5.73. The van der Waals surface area contributed by atoms with Crippen molar-refractivity contribution in [3.63, 3.8) is 0 Å². The van der Waals surface area contributed by atoms with Crippen LogP contribution in [0.15, 0.2) is 0 Å². The summed E-state index contributed by atoms with van der Waals surface area (Å²) in [6.07, 6.45) is 3.85. The van der Waals surface area contributed by atoms with Crippen molar-refractivity contribution in [3.8, 4) is 0 Å². The van der Waals surface area contributed by atoms with Gasteiger partial charge in [0.05, 0.1) is 6.61 Å². The van der Waals surface area contributed by atoms with E-state index < -0.39 is 0 Å². The first-order valence-corrected chi connectivity index (χ1v) is 7.49. The van der Waals surface area contributed by atoms with E-state index in [1.165, 1.54) is 19.3 Å². The third kappa shape index (κ3) is 5.11. The number of hydrogen-bond acceptors (Lipinski definition) is 2. The van der Waals surface area contributed by atoms with Crippen LogP contribution in [0, 0.1) is 11.8 Å². The lowest BCUT2D eigenvalue weighted by Gasteiger charge is -2.26. The predicted octanol–water partition coefficient (Wildman–Crippen LogP) is 2.65. The monoisotopic (exact) mass is 272 g/mol. The highest BCUT2D eigenvalue weighted by Gasteiger charge is 2.21. The van der Waals surface area contributed by atoms with Crippen LogP contribution in [0.3, 0.4) is 0 Å². The van der Waals surface area contributed by atoms with Crippen molar-refractivity contribution in [2.75, 3.05) is 26.8 Å². The summed E-state index contributed by atoms with van der Waals surface area (Å²) in [7, 11) is 1.72. The van der Waals surface area contributed by atoms with Gasteiger partial charge in [0.25, 0.3) is 0 Å². The van der Waals surface area contributed by atoms with Crippen LogP contribution >= 0.6 is 12.2 Å². The van der Waals surface area contributed by atoms with E-state index in [-0.39, 0.29) is 6.04 Å². The molecule has 4 heteroatoms. The minimum absolute atomic E-state index is 0.284. The van der Waals surface area contributed by atoms with Gasteiger partial charge in [-0.3, -0.25) is 0 Å². The van der Waals surface area contributed by atoms with Gasteiger partial charge in [0.2, 0.25) is 0 Å². The highest BCUT2D eigenvalue weighted by atomic mass is 32.1. The van der Waals surface area contributed by atoms with E-state index in [2.05, 4.69) is 31.0 Å². The number of hydrogen-bond donors (Lipinski definition) is 1. The number of methoxy groups -OCH3 is 1. The molecule has 0 bridgehead atoms. The van der Waals surface area contributed by atoms with Gasteiger partial charge >= 0.3 is 0 Å². The van der Waals surface area contributed by atoms with Crippen LogP contribution in [0.2, 0.25) is 0 Å². The number of nitrogens with zero attached hydrogens (tertiary/aromatic N) is 1. The van der Waals surface area contributed by atoms with Crippen LogP contribution in [0.5, 0.6) is 0 Å². The van der Waals surface area contributed by atoms with Gasteiger partial charge in [0.15, 0.2) is 5.11 Å². The molecule has 0 aromatic carbocycles. The Balaban J connectivity index is 2.40. The maximum atomic E-state index is 5.49. The average molecular weight is 272 g/mol. The van der Waals surface area contributed by atoms with Gasteiger partial charge in [-0.1, -0.05) is 13.8 Å². The Hall–Kier alpha value is -0.350. The summed E-state index contributed by atoms with van der Waals surface area (Å²) in [6, 6.07) is 0.284. The van der Waals surface area contributed by atoms with Crippen molar-refractivity contribution >= 4 is 17.3 Å². The fourth-order valence-electron chi connectivity index (χ4n) is 2.59. The Morgan fingerprint density at radius 1 is 1.33 bits per heavy atom. The van der Waals surface area contributed by atoms with E-state index in [1.807, 2.05) is 0 Å². The molecule has 3 nitrogen and oxygen atoms in total. The predicted molar refractivity (Wildman–Crippen MR) is 80.8 cm³/mol. The molecule has 1 saturated heterocycles. The molecule has 0 spiro atoms. The molecule has 1 rings (SSSR count). The lowest BCUT2D eigenvalue weighted by molar-refractivity contribution is 0.178. The fourth-order valence-corrected chi connectivity index (χ4v) is 2.97. The molecular weight excluding hydrogens is 244 g/mol. The molecule has 1 aliphatic rings. The highest BCUT2D eigenvalue weighted by Crippen LogP contribution is 2.24. The maximum absolute atomic E-state index is 5.49. The summed E-state index contributed by atoms with van der Waals surface area (Å²) in [5, 5.41) is 4.25. The lowest BCUT2D eigenvalue weighted by atomic mass is 9.89. The normalized spacial score (nSPS) is 22.7. The molecule has 1 fully saturated rings. The van der Waals surface area contributed by atoms with E-state index >= 15 is 0 Å². The molecule has 1 heterocycles. The van der Waals surface area contributed by atoms with Crippen LogP contribution in [0.4, 0.5) is 0 Å². The molecule has 0 saturated carbocycles. The molecule has 0 aromatic rings. The van der Waals surface area contributed by atoms with Gasteiger partial charge in [-0.25, -0.2) is 0 Å². The van der Waals surface area contributed by atoms with Gasteiger partial charge in [0.1, 0.15) is 0 Å². The number of thiocarbonyl (C=S) groups is 1. The number of ether oxygens (including phenoxy) is 1. The minimum atomic E-state index is 0.284. The van der Waals surface area contributed by atoms with Crippen molar-refractivity contribution in [1.82, 2.24) is 10.2 Å². The molecule has 1 N–H and O–H groups in total. The largest absolute Gasteiger partial charge is 0.383 e. The quantitative estimate of drug-likeness (QED) is 0.795. The second-order valence-corrected chi connectivity index (χ2v) is 6.11. The summed E-state index contributed by atoms with van der Waals surface area (Å²) in [6.45, 7) is 9.64. The summed E-state index contributed by atoms with van der Waals surface area (Å²) in [4.78, 5) is 2.32. The molecule has 0 amide bonds. The Morgan fingerprint density at radius 2 is 2.06 bits per heavy atom. The van der Waals surface area contributed by atoms with Crippen LogP contribution in [-0.4, -0.2) is 42.9 Å². The Morgan fingerprint density at radius 3 is 2.67 bits per heavy atom. The van der Waals surface area contributed by atoms with Gasteiger partial charge in [-0.2, -0.15) is 0 Å². The van der Waals surface area contributed by atoms with Gasteiger partial charge in [-0.15, -0.1) is 0 Å². The zero-order chi connectivity index (χ0) is 13.5. The molecule has 2 atom stereocenters. The number of nitrogens with one attached hydrogen (secondary N) is 1. The smallest absolute Gasteiger partial charge is 0.169 e. The molecular formula is C14H28N2OS. The Labute approximate surface area is 117 Å². The van der Waals surface area contributed by atoms with Crippen molar-refractivity contribution in [2.45, 2.75) is 46.1 Å². The van der Waals surface area contributed by atoms with E-state index in [0.29, 0.717) is 6.61 Å². The maximum Gasteiger partial charge on any atom is 0.169 e. The minimum Gasteiger partial charge on any atom is -0.383 e. The molecule has 0 radical (unpaired) electrons. The number of likely N-dealkylation sites (tertiary alicyclic amines) is 1. The fraction of sp³-hybridized carbons (Fsp3) is 0.929. The van der Waals surface area contributed by atoms with Crippen LogP contribution in [0.1, 0.15) is 40.0 Å². The molecule has 1 aliphatic heterocycles. The molecule has 0 aromatic heterocycles. The van der Waals surface area contributed by atoms with Crippen molar-refractivity contribution in [1.29, 1.82) is 0 Å². The topological polar surface area (TPSA) is 24.5 Å². The summed E-state index contributed by atoms with van der Waals surface area (Å²) in [5.74, 6) is 1.65. The molecule has 18 heavy (non-hydrogen) atoms. The van der Waals surface area contributed by atoms with Crippen molar-refractivity contribution in [2.24, 2.45) is 11.8 Å². The molecule has 0 aliphatic carbocycles. The van der Waals surface area contributed by atoms with Gasteiger partial charge < -0.3 is 15.0 Å². The zero-order valence-corrected chi connectivity index (χ0v) is 13.1. The SMILES string of the molecule is COCC(C)NC(=S)N1CCCC(C(C)C)CC1. The molecule has 2 unspecified atom stereocenters. The van der Waals surface area contributed by atoms with Crippen LogP contribution in [-0.2, 0) is 4.74 Å². The third-order valence-electron chi connectivity index (χ3n) is 3.79. The van der Waals surface area contributed by atoms with Crippen LogP contribution < -0.4 is 5.32 Å². The van der Waals surface area contributed by atoms with Gasteiger partial charge in [-0.05, 0) is 50.2 Å². The zero-order valence-electron chi connectivity index (χ0n) is 12.2. The van der Waals surface area contributed by atoms with Crippen molar-refractivity contribution < 1.29 is 4.74 Å². The molecule has 106 valence electrons. The summed E-state index contributed by atoms with van der Waals surface area (Å²) < 4.78 is 5.12. The van der Waals surface area contributed by atoms with Crippen molar-refractivity contribution in [3.05, 3.63) is 0 Å². The first-order chi connectivity index (χ1) is 8.54. The third-order valence-corrected chi connectivity index (χ3v) is 4.17. The van der Waals surface area contributed by atoms with E-state index in [4.69, 9.17) is 17.0 Å². The number of rotatable bonds is 4.